The van der Waals surface area contributed by atoms with Crippen molar-refractivity contribution in [3.8, 4) is 11.5 Å². The van der Waals surface area contributed by atoms with Crippen molar-refractivity contribution in [1.82, 2.24) is 4.57 Å². The number of fused-ring (bicyclic) bond motifs is 1. The maximum absolute atomic E-state index is 13.9. The lowest BCUT2D eigenvalue weighted by atomic mass is 9.93. The highest BCUT2D eigenvalue weighted by atomic mass is 32.1. The molecule has 0 radical (unpaired) electrons. The number of carbonyl (C=O) groups is 2. The molecule has 0 bridgehead atoms. The quantitative estimate of drug-likeness (QED) is 0.336. The molecule has 1 atom stereocenters. The zero-order chi connectivity index (χ0) is 29.7. The first kappa shape index (κ1) is 29.8. The Kier molecular flexibility index (Phi) is 9.44. The fourth-order valence-corrected chi connectivity index (χ4v) is 5.57. The van der Waals surface area contributed by atoms with Crippen LogP contribution in [0.4, 0.5) is 0 Å². The highest BCUT2D eigenvalue weighted by Gasteiger charge is 2.33. The highest BCUT2D eigenvalue weighted by Crippen LogP contribution is 2.32. The normalized spacial score (nSPS) is 14.9. The molecule has 41 heavy (non-hydrogen) atoms. The summed E-state index contributed by atoms with van der Waals surface area (Å²) >= 11 is 1.24. The van der Waals surface area contributed by atoms with Gasteiger partial charge in [-0.05, 0) is 61.6 Å². The zero-order valence-electron chi connectivity index (χ0n) is 24.1. The summed E-state index contributed by atoms with van der Waals surface area (Å²) in [5.41, 5.74) is 3.23. The van der Waals surface area contributed by atoms with Gasteiger partial charge in [-0.2, -0.15) is 0 Å². The van der Waals surface area contributed by atoms with Gasteiger partial charge in [0.25, 0.3) is 5.56 Å². The van der Waals surface area contributed by atoms with Crippen molar-refractivity contribution in [3.05, 3.63) is 90.1 Å². The van der Waals surface area contributed by atoms with Crippen molar-refractivity contribution >= 4 is 29.4 Å². The molecule has 1 aliphatic heterocycles. The van der Waals surface area contributed by atoms with Gasteiger partial charge in [0.15, 0.2) is 22.9 Å². The van der Waals surface area contributed by atoms with E-state index in [2.05, 4.69) is 23.6 Å². The molecule has 2 aromatic carbocycles. The van der Waals surface area contributed by atoms with E-state index in [0.29, 0.717) is 50.2 Å². The van der Waals surface area contributed by atoms with Crippen molar-refractivity contribution in [2.24, 2.45) is 4.99 Å². The lowest BCUT2D eigenvalue weighted by Crippen LogP contribution is -2.39. The molecule has 1 aromatic heterocycles. The number of hydrogen-bond acceptors (Lipinski definition) is 9. The number of carbonyl (C=O) groups excluding carboxylic acids is 2. The van der Waals surface area contributed by atoms with Gasteiger partial charge in [-0.15, -0.1) is 0 Å². The number of esters is 2. The summed E-state index contributed by atoms with van der Waals surface area (Å²) in [7, 11) is 1.29. The second-order valence-electron chi connectivity index (χ2n) is 9.63. The first-order valence-corrected chi connectivity index (χ1v) is 14.3. The number of rotatable bonds is 10. The number of nitrogens with zero attached hydrogens (tertiary/aromatic N) is 2. The summed E-state index contributed by atoms with van der Waals surface area (Å²) in [5, 5.41) is 0. The van der Waals surface area contributed by atoms with Crippen LogP contribution in [0, 0.1) is 0 Å². The molecule has 0 amide bonds. The first-order chi connectivity index (χ1) is 19.7. The van der Waals surface area contributed by atoms with Crippen LogP contribution in [-0.4, -0.2) is 43.4 Å². The summed E-state index contributed by atoms with van der Waals surface area (Å²) in [6, 6.07) is 12.5. The van der Waals surface area contributed by atoms with Gasteiger partial charge in [-0.1, -0.05) is 55.5 Å². The van der Waals surface area contributed by atoms with E-state index >= 15 is 0 Å². The second-order valence-corrected chi connectivity index (χ2v) is 10.6. The Morgan fingerprint density at radius 3 is 2.41 bits per heavy atom. The van der Waals surface area contributed by atoms with Crippen LogP contribution in [0.1, 0.15) is 63.3 Å². The maximum Gasteiger partial charge on any atom is 0.343 e. The van der Waals surface area contributed by atoms with Crippen LogP contribution in [0.3, 0.4) is 0 Å². The average molecular weight is 579 g/mol. The number of hydrogen-bond donors (Lipinski definition) is 0. The lowest BCUT2D eigenvalue weighted by molar-refractivity contribution is -0.143. The van der Waals surface area contributed by atoms with E-state index in [1.165, 1.54) is 18.4 Å². The summed E-state index contributed by atoms with van der Waals surface area (Å²) < 4.78 is 23.3. The van der Waals surface area contributed by atoms with Gasteiger partial charge < -0.3 is 18.9 Å². The molecule has 216 valence electrons. The summed E-state index contributed by atoms with van der Waals surface area (Å²) in [5.74, 6) is 0.150. The number of ether oxygens (including phenoxy) is 4. The van der Waals surface area contributed by atoms with Crippen molar-refractivity contribution in [1.29, 1.82) is 0 Å². The minimum atomic E-state index is -0.679. The fourth-order valence-electron chi connectivity index (χ4n) is 4.52. The number of methoxy groups -OCH3 is 1. The molecule has 0 N–H and O–H groups in total. The minimum Gasteiger partial charge on any atom is -0.490 e. The molecule has 3 aromatic rings. The van der Waals surface area contributed by atoms with Gasteiger partial charge in [0.1, 0.15) is 0 Å². The molecule has 0 saturated heterocycles. The molecular weight excluding hydrogens is 544 g/mol. The van der Waals surface area contributed by atoms with E-state index in [1.54, 1.807) is 42.7 Å². The third kappa shape index (κ3) is 6.43. The lowest BCUT2D eigenvalue weighted by Gasteiger charge is -2.25. The van der Waals surface area contributed by atoms with Crippen molar-refractivity contribution < 1.29 is 28.5 Å². The van der Waals surface area contributed by atoms with E-state index in [-0.39, 0.29) is 18.8 Å². The van der Waals surface area contributed by atoms with Crippen LogP contribution in [0.25, 0.3) is 6.08 Å². The number of thiazole rings is 1. The SMILES string of the molecule is CCOC(=O)C1=C(C)N=c2s/c(=C/c3ccc(OCC(=O)OC)c(OCC)c3)c(=O)n2[C@H]1c1ccc(C(C)C)cc1. The van der Waals surface area contributed by atoms with Gasteiger partial charge in [-0.25, -0.2) is 14.6 Å². The Labute approximate surface area is 242 Å². The molecule has 10 heteroatoms. The van der Waals surface area contributed by atoms with Crippen molar-refractivity contribution in [2.45, 2.75) is 46.6 Å². The van der Waals surface area contributed by atoms with Gasteiger partial charge in [-0.3, -0.25) is 9.36 Å². The number of allylic oxidation sites excluding steroid dienone is 1. The van der Waals surface area contributed by atoms with Crippen LogP contribution in [0.15, 0.2) is 63.5 Å². The Morgan fingerprint density at radius 2 is 1.78 bits per heavy atom. The Bertz CT molecular complexity index is 1650. The molecule has 2 heterocycles. The van der Waals surface area contributed by atoms with Crippen molar-refractivity contribution in [2.75, 3.05) is 26.9 Å². The Hall–Kier alpha value is -4.18. The van der Waals surface area contributed by atoms with Crippen LogP contribution in [0.2, 0.25) is 0 Å². The first-order valence-electron chi connectivity index (χ1n) is 13.4. The third-order valence-corrected chi connectivity index (χ3v) is 7.56. The van der Waals surface area contributed by atoms with Crippen LogP contribution in [-0.2, 0) is 19.1 Å². The largest absolute Gasteiger partial charge is 0.490 e. The monoisotopic (exact) mass is 578 g/mol. The number of aromatic nitrogens is 1. The Morgan fingerprint density at radius 1 is 1.05 bits per heavy atom. The molecule has 0 unspecified atom stereocenters. The standard InChI is InChI=1S/C31H34N2O7S/c1-7-38-24-15-20(9-14-23(24)40-17-26(34)37-6)16-25-29(35)33-28(22-12-10-21(11-13-22)18(3)4)27(30(36)39-8-2)19(5)32-31(33)41-25/h9-16,18,28H,7-8,17H2,1-6H3/b25-16+/t28-/m0/s1. The molecule has 1 aliphatic rings. The highest BCUT2D eigenvalue weighted by molar-refractivity contribution is 7.07. The smallest absolute Gasteiger partial charge is 0.343 e. The van der Waals surface area contributed by atoms with Crippen molar-refractivity contribution in [3.63, 3.8) is 0 Å². The van der Waals surface area contributed by atoms with Gasteiger partial charge in [0.2, 0.25) is 0 Å². The zero-order valence-corrected chi connectivity index (χ0v) is 24.9. The topological polar surface area (TPSA) is 105 Å². The van der Waals surface area contributed by atoms with Gasteiger partial charge >= 0.3 is 11.9 Å². The minimum absolute atomic E-state index is 0.209. The summed E-state index contributed by atoms with van der Waals surface area (Å²) in [6.07, 6.45) is 1.75. The summed E-state index contributed by atoms with van der Waals surface area (Å²) in [6.45, 7) is 9.91. The second kappa shape index (κ2) is 13.0. The van der Waals surface area contributed by atoms with Crippen LogP contribution in [0.5, 0.6) is 11.5 Å². The molecular formula is C31H34N2O7S. The van der Waals surface area contributed by atoms with E-state index in [9.17, 15) is 14.4 Å². The van der Waals surface area contributed by atoms with E-state index in [0.717, 1.165) is 11.1 Å². The maximum atomic E-state index is 13.9. The van der Waals surface area contributed by atoms with Crippen LogP contribution >= 0.6 is 11.3 Å². The molecule has 4 rings (SSSR count). The van der Waals surface area contributed by atoms with E-state index in [4.69, 9.17) is 14.2 Å². The van der Waals surface area contributed by atoms with Gasteiger partial charge in [0, 0.05) is 0 Å². The van der Waals surface area contributed by atoms with E-state index in [1.807, 2.05) is 31.2 Å². The fraction of sp³-hybridized carbons (Fsp3) is 0.355. The van der Waals surface area contributed by atoms with Gasteiger partial charge in [0.05, 0.1) is 42.2 Å². The molecule has 0 aliphatic carbocycles. The van der Waals surface area contributed by atoms with E-state index < -0.39 is 18.0 Å². The van der Waals surface area contributed by atoms with Crippen LogP contribution < -0.4 is 24.4 Å². The number of benzene rings is 2. The molecule has 0 spiro atoms. The molecule has 0 saturated carbocycles. The third-order valence-electron chi connectivity index (χ3n) is 6.57. The average Bonchev–Trinajstić information content (AvgIpc) is 3.25. The summed E-state index contributed by atoms with van der Waals surface area (Å²) in [4.78, 5) is 43.7. The molecule has 9 nitrogen and oxygen atoms in total. The predicted molar refractivity (Wildman–Crippen MR) is 156 cm³/mol. The Balaban J connectivity index is 1.82. The molecule has 0 fully saturated rings. The predicted octanol–water partition coefficient (Wildman–Crippen LogP) is 3.87.